The van der Waals surface area contributed by atoms with E-state index in [1.165, 1.54) is 5.56 Å². The molecule has 4 nitrogen and oxygen atoms in total. The molecule has 4 heteroatoms. The minimum atomic E-state index is 0.310. The summed E-state index contributed by atoms with van der Waals surface area (Å²) in [6.07, 6.45) is 5.40. The van der Waals surface area contributed by atoms with Crippen LogP contribution in [-0.4, -0.2) is 35.6 Å². The number of nitrogens with one attached hydrogen (secondary N) is 1. The summed E-state index contributed by atoms with van der Waals surface area (Å²) in [5.41, 5.74) is 1.29. The molecule has 2 rings (SSSR count). The molecule has 2 heterocycles. The number of rotatable bonds is 3. The Balaban J connectivity index is 1.93. The Kier molecular flexibility index (Phi) is 4.48. The number of hydrogen-bond donors (Lipinski definition) is 1. The highest BCUT2D eigenvalue weighted by Crippen LogP contribution is 2.08. The Morgan fingerprint density at radius 2 is 2.29 bits per heavy atom. The van der Waals surface area contributed by atoms with Gasteiger partial charge in [-0.1, -0.05) is 0 Å². The van der Waals surface area contributed by atoms with Gasteiger partial charge in [0.1, 0.15) is 0 Å². The molecule has 1 fully saturated rings. The molecule has 1 aromatic rings. The van der Waals surface area contributed by atoms with Crippen LogP contribution < -0.4 is 5.32 Å². The summed E-state index contributed by atoms with van der Waals surface area (Å²) in [5, 5.41) is 12.2. The molecule has 0 bridgehead atoms. The third-order valence-electron chi connectivity index (χ3n) is 3.06. The first-order valence-electron chi connectivity index (χ1n) is 6.10. The highest BCUT2D eigenvalue weighted by molar-refractivity contribution is 5.09. The van der Waals surface area contributed by atoms with Gasteiger partial charge in [0.25, 0.3) is 0 Å². The molecule has 17 heavy (non-hydrogen) atoms. The molecular weight excluding hydrogens is 212 g/mol. The summed E-state index contributed by atoms with van der Waals surface area (Å²) in [6.45, 7) is 4.01. The molecule has 1 saturated heterocycles. The van der Waals surface area contributed by atoms with E-state index in [4.69, 9.17) is 5.26 Å². The number of pyridine rings is 1. The van der Waals surface area contributed by atoms with Gasteiger partial charge in [-0.15, -0.1) is 0 Å². The molecule has 1 unspecified atom stereocenters. The number of nitrogens with zero attached hydrogens (tertiary/aromatic N) is 3. The topological polar surface area (TPSA) is 52.0 Å². The summed E-state index contributed by atoms with van der Waals surface area (Å²) < 4.78 is 0. The fraction of sp³-hybridized carbons (Fsp3) is 0.538. The monoisotopic (exact) mass is 230 g/mol. The summed E-state index contributed by atoms with van der Waals surface area (Å²) in [5.74, 6) is 0. The van der Waals surface area contributed by atoms with Crippen molar-refractivity contribution in [2.45, 2.75) is 25.4 Å². The van der Waals surface area contributed by atoms with Crippen LogP contribution in [0.5, 0.6) is 0 Å². The summed E-state index contributed by atoms with van der Waals surface area (Å²) in [4.78, 5) is 6.44. The second kappa shape index (κ2) is 6.33. The average Bonchev–Trinajstić information content (AvgIpc) is 2.56. The summed E-state index contributed by atoms with van der Waals surface area (Å²) >= 11 is 0. The minimum Gasteiger partial charge on any atom is -0.312 e. The molecule has 1 atom stereocenters. The fourth-order valence-electron chi connectivity index (χ4n) is 2.21. The predicted molar refractivity (Wildman–Crippen MR) is 66.2 cm³/mol. The largest absolute Gasteiger partial charge is 0.312 e. The van der Waals surface area contributed by atoms with Crippen molar-refractivity contribution in [3.05, 3.63) is 30.1 Å². The lowest BCUT2D eigenvalue weighted by Gasteiger charge is -2.23. The Bertz CT molecular complexity index is 371. The van der Waals surface area contributed by atoms with Crippen molar-refractivity contribution >= 4 is 0 Å². The lowest BCUT2D eigenvalue weighted by molar-refractivity contribution is 0.260. The van der Waals surface area contributed by atoms with Crippen molar-refractivity contribution in [1.29, 1.82) is 5.26 Å². The Hall–Kier alpha value is -1.44. The van der Waals surface area contributed by atoms with E-state index in [0.29, 0.717) is 12.5 Å². The standard InChI is InChI=1S/C13H18N4/c14-5-2-13-11-17(9-1-6-16-13)10-12-3-7-15-8-4-12/h3-4,7-8,13,16H,1-2,6,9-11H2. The van der Waals surface area contributed by atoms with Crippen LogP contribution in [0.3, 0.4) is 0 Å². The zero-order chi connectivity index (χ0) is 11.9. The highest BCUT2D eigenvalue weighted by Gasteiger charge is 2.17. The van der Waals surface area contributed by atoms with E-state index >= 15 is 0 Å². The van der Waals surface area contributed by atoms with Crippen LogP contribution in [0.25, 0.3) is 0 Å². The van der Waals surface area contributed by atoms with Gasteiger partial charge >= 0.3 is 0 Å². The smallest absolute Gasteiger partial charge is 0.0638 e. The van der Waals surface area contributed by atoms with Crippen molar-refractivity contribution in [1.82, 2.24) is 15.2 Å². The third-order valence-corrected chi connectivity index (χ3v) is 3.06. The summed E-state index contributed by atoms with van der Waals surface area (Å²) in [7, 11) is 0. The summed E-state index contributed by atoms with van der Waals surface area (Å²) in [6, 6.07) is 6.67. The molecule has 1 N–H and O–H groups in total. The molecule has 1 aliphatic rings. The second-order valence-corrected chi connectivity index (χ2v) is 4.46. The number of hydrogen-bond acceptors (Lipinski definition) is 4. The van der Waals surface area contributed by atoms with Gasteiger partial charge < -0.3 is 5.32 Å². The van der Waals surface area contributed by atoms with E-state index < -0.39 is 0 Å². The van der Waals surface area contributed by atoms with Crippen molar-refractivity contribution in [2.24, 2.45) is 0 Å². The van der Waals surface area contributed by atoms with E-state index in [9.17, 15) is 0 Å². The van der Waals surface area contributed by atoms with Crippen molar-refractivity contribution in [3.8, 4) is 6.07 Å². The maximum atomic E-state index is 8.77. The zero-order valence-corrected chi connectivity index (χ0v) is 9.97. The molecule has 0 saturated carbocycles. The first-order chi connectivity index (χ1) is 8.38. The van der Waals surface area contributed by atoms with Crippen LogP contribution in [0.1, 0.15) is 18.4 Å². The predicted octanol–water partition coefficient (Wildman–Crippen LogP) is 1.16. The van der Waals surface area contributed by atoms with E-state index in [2.05, 4.69) is 33.4 Å². The van der Waals surface area contributed by atoms with Crippen LogP contribution >= 0.6 is 0 Å². The molecule has 0 aliphatic carbocycles. The van der Waals surface area contributed by atoms with E-state index in [0.717, 1.165) is 32.6 Å². The fourth-order valence-corrected chi connectivity index (χ4v) is 2.21. The van der Waals surface area contributed by atoms with Gasteiger partial charge in [-0.2, -0.15) is 5.26 Å². The second-order valence-electron chi connectivity index (χ2n) is 4.46. The van der Waals surface area contributed by atoms with Gasteiger partial charge in [0.05, 0.1) is 12.5 Å². The first kappa shape index (κ1) is 12.0. The van der Waals surface area contributed by atoms with Gasteiger partial charge in [-0.05, 0) is 37.2 Å². The van der Waals surface area contributed by atoms with Crippen molar-refractivity contribution in [2.75, 3.05) is 19.6 Å². The molecule has 1 aliphatic heterocycles. The molecule has 90 valence electrons. The van der Waals surface area contributed by atoms with Crippen LogP contribution in [0.15, 0.2) is 24.5 Å². The van der Waals surface area contributed by atoms with Crippen molar-refractivity contribution in [3.63, 3.8) is 0 Å². The Labute approximate surface area is 102 Å². The number of nitriles is 1. The molecule has 0 aromatic carbocycles. The Morgan fingerprint density at radius 3 is 3.06 bits per heavy atom. The maximum Gasteiger partial charge on any atom is 0.0638 e. The van der Waals surface area contributed by atoms with E-state index in [-0.39, 0.29) is 0 Å². The van der Waals surface area contributed by atoms with Crippen LogP contribution in [0.2, 0.25) is 0 Å². The number of aromatic nitrogens is 1. The molecular formula is C13H18N4. The molecule has 0 radical (unpaired) electrons. The van der Waals surface area contributed by atoms with E-state index in [1.54, 1.807) is 0 Å². The highest BCUT2D eigenvalue weighted by atomic mass is 15.2. The third kappa shape index (κ3) is 3.81. The van der Waals surface area contributed by atoms with Gasteiger partial charge in [-0.3, -0.25) is 9.88 Å². The van der Waals surface area contributed by atoms with Gasteiger partial charge in [-0.25, -0.2) is 0 Å². The maximum absolute atomic E-state index is 8.77. The quantitative estimate of drug-likeness (QED) is 0.846. The normalized spacial score (nSPS) is 21.7. The Morgan fingerprint density at radius 1 is 1.47 bits per heavy atom. The van der Waals surface area contributed by atoms with Crippen molar-refractivity contribution < 1.29 is 0 Å². The molecule has 0 spiro atoms. The van der Waals surface area contributed by atoms with Crippen LogP contribution in [-0.2, 0) is 6.54 Å². The van der Waals surface area contributed by atoms with Crippen LogP contribution in [0, 0.1) is 11.3 Å². The average molecular weight is 230 g/mol. The van der Waals surface area contributed by atoms with Gasteiger partial charge in [0.2, 0.25) is 0 Å². The SMILES string of the molecule is N#CCC1CN(Cc2ccncc2)CCCN1. The minimum absolute atomic E-state index is 0.310. The lowest BCUT2D eigenvalue weighted by Crippen LogP contribution is -2.37. The van der Waals surface area contributed by atoms with Gasteiger partial charge in [0, 0.05) is 31.5 Å². The molecule has 0 amide bonds. The van der Waals surface area contributed by atoms with Gasteiger partial charge in [0.15, 0.2) is 0 Å². The lowest BCUT2D eigenvalue weighted by atomic mass is 10.2. The van der Waals surface area contributed by atoms with Crippen LogP contribution in [0.4, 0.5) is 0 Å². The van der Waals surface area contributed by atoms with E-state index in [1.807, 2.05) is 12.4 Å². The zero-order valence-electron chi connectivity index (χ0n) is 9.97. The molecule has 1 aromatic heterocycles. The first-order valence-corrected chi connectivity index (χ1v) is 6.10.